The lowest BCUT2D eigenvalue weighted by molar-refractivity contribution is 0.0701. The summed E-state index contributed by atoms with van der Waals surface area (Å²) in [6.45, 7) is 0.801. The van der Waals surface area contributed by atoms with Crippen LogP contribution in [-0.2, 0) is 4.74 Å². The van der Waals surface area contributed by atoms with E-state index in [2.05, 4.69) is 5.32 Å². The summed E-state index contributed by atoms with van der Waals surface area (Å²) >= 11 is 0. The van der Waals surface area contributed by atoms with Gasteiger partial charge in [0.05, 0.1) is 6.10 Å². The Balaban J connectivity index is 2.04. The molecule has 82 valence electrons. The molecule has 1 aliphatic heterocycles. The molecule has 2 rings (SSSR count). The van der Waals surface area contributed by atoms with Gasteiger partial charge in [-0.2, -0.15) is 0 Å². The average Bonchev–Trinajstić information content (AvgIpc) is 2.30. The van der Waals surface area contributed by atoms with Gasteiger partial charge in [0.2, 0.25) is 0 Å². The first kappa shape index (κ1) is 10.6. The summed E-state index contributed by atoms with van der Waals surface area (Å²) in [5, 5.41) is 3.31. The zero-order valence-electron chi connectivity index (χ0n) is 8.87. The van der Waals surface area contributed by atoms with E-state index in [1.807, 2.05) is 12.1 Å². The van der Waals surface area contributed by atoms with E-state index in [0.29, 0.717) is 0 Å². The molecule has 0 aliphatic carbocycles. The third-order valence-corrected chi connectivity index (χ3v) is 2.98. The van der Waals surface area contributed by atoms with E-state index >= 15 is 0 Å². The van der Waals surface area contributed by atoms with E-state index in [9.17, 15) is 4.39 Å². The van der Waals surface area contributed by atoms with Gasteiger partial charge in [-0.25, -0.2) is 4.39 Å². The Morgan fingerprint density at radius 3 is 2.73 bits per heavy atom. The lowest BCUT2D eigenvalue weighted by atomic mass is 9.96. The molecule has 2 unspecified atom stereocenters. The van der Waals surface area contributed by atoms with Crippen LogP contribution in [0.5, 0.6) is 0 Å². The number of halogens is 1. The minimum Gasteiger partial charge on any atom is -0.380 e. The molecule has 1 aliphatic rings. The Bertz CT molecular complexity index is 321. The summed E-state index contributed by atoms with van der Waals surface area (Å²) in [7, 11) is 1.72. The SMILES string of the molecule is COC1CCC(c2ccccc2F)NC1. The van der Waals surface area contributed by atoms with Crippen LogP contribution < -0.4 is 5.32 Å². The molecule has 0 aromatic heterocycles. The Labute approximate surface area is 89.4 Å². The number of rotatable bonds is 2. The lowest BCUT2D eigenvalue weighted by Gasteiger charge is -2.29. The highest BCUT2D eigenvalue weighted by Crippen LogP contribution is 2.25. The number of hydrogen-bond donors (Lipinski definition) is 1. The number of ether oxygens (including phenoxy) is 1. The van der Waals surface area contributed by atoms with Crippen LogP contribution in [-0.4, -0.2) is 19.8 Å². The van der Waals surface area contributed by atoms with Gasteiger partial charge in [0.15, 0.2) is 0 Å². The fraction of sp³-hybridized carbons (Fsp3) is 0.500. The van der Waals surface area contributed by atoms with Crippen LogP contribution in [0.3, 0.4) is 0 Å². The third kappa shape index (κ3) is 2.36. The normalized spacial score (nSPS) is 26.5. The van der Waals surface area contributed by atoms with E-state index in [4.69, 9.17) is 4.74 Å². The van der Waals surface area contributed by atoms with Gasteiger partial charge in [-0.15, -0.1) is 0 Å². The minimum absolute atomic E-state index is 0.120. The molecule has 1 N–H and O–H groups in total. The highest BCUT2D eigenvalue weighted by Gasteiger charge is 2.22. The van der Waals surface area contributed by atoms with Crippen LogP contribution in [0.2, 0.25) is 0 Å². The fourth-order valence-electron chi connectivity index (χ4n) is 2.05. The van der Waals surface area contributed by atoms with E-state index in [-0.39, 0.29) is 18.0 Å². The maximum atomic E-state index is 13.5. The predicted octanol–water partition coefficient (Wildman–Crippen LogP) is 2.27. The Morgan fingerprint density at radius 1 is 1.33 bits per heavy atom. The van der Waals surface area contributed by atoms with Gasteiger partial charge in [-0.1, -0.05) is 18.2 Å². The number of methoxy groups -OCH3 is 1. The van der Waals surface area contributed by atoms with Crippen LogP contribution in [0.15, 0.2) is 24.3 Å². The predicted molar refractivity (Wildman–Crippen MR) is 57.2 cm³/mol. The average molecular weight is 209 g/mol. The summed E-state index contributed by atoms with van der Waals surface area (Å²) in [6.07, 6.45) is 2.19. The smallest absolute Gasteiger partial charge is 0.127 e. The molecule has 15 heavy (non-hydrogen) atoms. The van der Waals surface area contributed by atoms with Gasteiger partial charge in [-0.05, 0) is 18.9 Å². The summed E-state index contributed by atoms with van der Waals surface area (Å²) < 4.78 is 18.7. The van der Waals surface area contributed by atoms with Crippen molar-refractivity contribution in [2.75, 3.05) is 13.7 Å². The molecule has 1 heterocycles. The molecule has 2 nitrogen and oxygen atoms in total. The topological polar surface area (TPSA) is 21.3 Å². The van der Waals surface area contributed by atoms with Crippen molar-refractivity contribution in [1.82, 2.24) is 5.32 Å². The second-order valence-corrected chi connectivity index (χ2v) is 3.92. The second kappa shape index (κ2) is 4.73. The molecule has 3 heteroatoms. The zero-order valence-corrected chi connectivity index (χ0v) is 8.87. The van der Waals surface area contributed by atoms with Crippen LogP contribution in [0, 0.1) is 5.82 Å². The second-order valence-electron chi connectivity index (χ2n) is 3.92. The van der Waals surface area contributed by atoms with Gasteiger partial charge in [0.25, 0.3) is 0 Å². The Hall–Kier alpha value is -0.930. The first-order valence-electron chi connectivity index (χ1n) is 5.32. The maximum Gasteiger partial charge on any atom is 0.127 e. The standard InChI is InChI=1S/C12H16FNO/c1-15-9-6-7-12(14-8-9)10-4-2-3-5-11(10)13/h2-5,9,12,14H,6-8H2,1H3. The molecular formula is C12H16FNO. The number of benzene rings is 1. The molecular weight excluding hydrogens is 193 g/mol. The maximum absolute atomic E-state index is 13.5. The van der Waals surface area contributed by atoms with Gasteiger partial charge in [0.1, 0.15) is 5.82 Å². The van der Waals surface area contributed by atoms with Crippen molar-refractivity contribution < 1.29 is 9.13 Å². The van der Waals surface area contributed by atoms with Crippen molar-refractivity contribution in [3.8, 4) is 0 Å². The van der Waals surface area contributed by atoms with Gasteiger partial charge >= 0.3 is 0 Å². The van der Waals surface area contributed by atoms with Crippen LogP contribution >= 0.6 is 0 Å². The molecule has 1 fully saturated rings. The molecule has 0 spiro atoms. The van der Waals surface area contributed by atoms with Gasteiger partial charge in [-0.3, -0.25) is 0 Å². The molecule has 0 bridgehead atoms. The Morgan fingerprint density at radius 2 is 2.13 bits per heavy atom. The molecule has 2 atom stereocenters. The van der Waals surface area contributed by atoms with Crippen molar-refractivity contribution in [3.05, 3.63) is 35.6 Å². The quantitative estimate of drug-likeness (QED) is 0.806. The number of nitrogens with one attached hydrogen (secondary N) is 1. The highest BCUT2D eigenvalue weighted by molar-refractivity contribution is 5.21. The van der Waals surface area contributed by atoms with E-state index in [1.165, 1.54) is 6.07 Å². The highest BCUT2D eigenvalue weighted by atomic mass is 19.1. The van der Waals surface area contributed by atoms with Crippen molar-refractivity contribution >= 4 is 0 Å². The van der Waals surface area contributed by atoms with Crippen LogP contribution in [0.4, 0.5) is 4.39 Å². The van der Waals surface area contributed by atoms with Gasteiger partial charge < -0.3 is 10.1 Å². The van der Waals surface area contributed by atoms with Crippen molar-refractivity contribution in [2.24, 2.45) is 0 Å². The Kier molecular flexibility index (Phi) is 3.34. The van der Waals surface area contributed by atoms with Gasteiger partial charge in [0, 0.05) is 25.3 Å². The first-order valence-corrected chi connectivity index (χ1v) is 5.32. The van der Waals surface area contributed by atoms with Crippen LogP contribution in [0.25, 0.3) is 0 Å². The molecule has 0 amide bonds. The molecule has 1 aromatic carbocycles. The largest absolute Gasteiger partial charge is 0.380 e. The number of piperidine rings is 1. The van der Waals surface area contributed by atoms with E-state index in [0.717, 1.165) is 24.9 Å². The summed E-state index contributed by atoms with van der Waals surface area (Å²) in [5.74, 6) is -0.120. The zero-order chi connectivity index (χ0) is 10.7. The summed E-state index contributed by atoms with van der Waals surface area (Å²) in [5.41, 5.74) is 0.770. The lowest BCUT2D eigenvalue weighted by Crippen LogP contribution is -2.37. The molecule has 0 saturated carbocycles. The van der Waals surface area contributed by atoms with E-state index < -0.39 is 0 Å². The number of hydrogen-bond acceptors (Lipinski definition) is 2. The molecule has 1 saturated heterocycles. The summed E-state index contributed by atoms with van der Waals surface area (Å²) in [4.78, 5) is 0. The first-order chi connectivity index (χ1) is 7.31. The molecule has 1 aromatic rings. The molecule has 0 radical (unpaired) electrons. The fourth-order valence-corrected chi connectivity index (χ4v) is 2.05. The van der Waals surface area contributed by atoms with Crippen LogP contribution in [0.1, 0.15) is 24.4 Å². The third-order valence-electron chi connectivity index (χ3n) is 2.98. The summed E-state index contributed by atoms with van der Waals surface area (Å²) in [6, 6.07) is 7.10. The van der Waals surface area contributed by atoms with Crippen molar-refractivity contribution in [3.63, 3.8) is 0 Å². The van der Waals surface area contributed by atoms with Crippen molar-refractivity contribution in [2.45, 2.75) is 25.0 Å². The monoisotopic (exact) mass is 209 g/mol. The van der Waals surface area contributed by atoms with Crippen molar-refractivity contribution in [1.29, 1.82) is 0 Å². The minimum atomic E-state index is -0.120. The van der Waals surface area contributed by atoms with E-state index in [1.54, 1.807) is 13.2 Å².